The molecule has 0 amide bonds. The van der Waals surface area contributed by atoms with E-state index in [0.29, 0.717) is 32.4 Å². The summed E-state index contributed by atoms with van der Waals surface area (Å²) >= 11 is 3.79. The van der Waals surface area contributed by atoms with Crippen molar-refractivity contribution in [3.05, 3.63) is 52.5 Å². The minimum Gasteiger partial charge on any atom is -0.355 e. The van der Waals surface area contributed by atoms with E-state index in [2.05, 4.69) is 21.2 Å². The molecule has 0 atom stereocenters. The van der Waals surface area contributed by atoms with Crippen LogP contribution in [-0.4, -0.2) is 5.76 Å². The van der Waals surface area contributed by atoms with E-state index in [9.17, 15) is 8.78 Å². The molecule has 1 N–H and O–H groups in total. The van der Waals surface area contributed by atoms with Crippen LogP contribution in [0.2, 0.25) is 0 Å². The van der Waals surface area contributed by atoms with Crippen LogP contribution in [0.5, 0.6) is 0 Å². The predicted octanol–water partition coefficient (Wildman–Crippen LogP) is 5.38. The average molecular weight is 355 g/mol. The molecule has 0 aliphatic carbocycles. The van der Waals surface area contributed by atoms with Crippen LogP contribution in [0.1, 0.15) is 5.56 Å². The Morgan fingerprint density at radius 2 is 1.95 bits per heavy atom. The van der Waals surface area contributed by atoms with Gasteiger partial charge in [-0.05, 0) is 46.3 Å². The van der Waals surface area contributed by atoms with Crippen molar-refractivity contribution in [2.24, 2.45) is 0 Å². The molecule has 6 heteroatoms. The van der Waals surface area contributed by atoms with Crippen molar-refractivity contribution >= 4 is 39.1 Å². The van der Waals surface area contributed by atoms with Gasteiger partial charge in [0.25, 0.3) is 5.76 Å². The van der Waals surface area contributed by atoms with E-state index < -0.39 is 5.76 Å². The van der Waals surface area contributed by atoms with Crippen molar-refractivity contribution < 1.29 is 8.78 Å². The third kappa shape index (κ3) is 3.71. The third-order valence-electron chi connectivity index (χ3n) is 2.47. The van der Waals surface area contributed by atoms with Crippen molar-refractivity contribution in [2.75, 3.05) is 5.32 Å². The van der Waals surface area contributed by atoms with E-state index in [-0.39, 0.29) is 0 Å². The molecule has 0 bridgehead atoms. The van der Waals surface area contributed by atoms with E-state index in [0.717, 1.165) is 5.69 Å². The predicted molar refractivity (Wildman–Crippen MR) is 80.4 cm³/mol. The number of nitriles is 1. The summed E-state index contributed by atoms with van der Waals surface area (Å²) in [4.78, 5) is 0.475. The molecule has 20 heavy (non-hydrogen) atoms. The molecule has 0 radical (unpaired) electrons. The van der Waals surface area contributed by atoms with Crippen LogP contribution in [0, 0.1) is 11.3 Å². The number of thioether (sulfide) groups is 1. The smallest absolute Gasteiger partial charge is 0.288 e. The van der Waals surface area contributed by atoms with Crippen LogP contribution < -0.4 is 5.32 Å². The van der Waals surface area contributed by atoms with Crippen LogP contribution in [0.4, 0.5) is 20.2 Å². The van der Waals surface area contributed by atoms with Crippen molar-refractivity contribution in [1.29, 1.82) is 5.26 Å². The van der Waals surface area contributed by atoms with Gasteiger partial charge in [-0.1, -0.05) is 23.9 Å². The third-order valence-corrected chi connectivity index (χ3v) is 3.92. The summed E-state index contributed by atoms with van der Waals surface area (Å²) in [5.74, 6) is -2.47. The number of hydrogen-bond acceptors (Lipinski definition) is 3. The SMILES string of the molecule is N#Cc1ccc(Nc2ccccc2SC(F)F)cc1Br. The van der Waals surface area contributed by atoms with Crippen molar-refractivity contribution in [3.8, 4) is 6.07 Å². The second kappa shape index (κ2) is 6.73. The topological polar surface area (TPSA) is 35.8 Å². The zero-order chi connectivity index (χ0) is 14.5. The molecule has 0 aromatic heterocycles. The molecule has 2 aromatic carbocycles. The molecular weight excluding hydrogens is 346 g/mol. The molecule has 0 aliphatic rings. The Morgan fingerprint density at radius 3 is 2.60 bits per heavy atom. The summed E-state index contributed by atoms with van der Waals surface area (Å²) in [6, 6.07) is 14.0. The van der Waals surface area contributed by atoms with Gasteiger partial charge in [0.15, 0.2) is 0 Å². The van der Waals surface area contributed by atoms with Gasteiger partial charge >= 0.3 is 0 Å². The molecule has 0 spiro atoms. The van der Waals surface area contributed by atoms with Gasteiger partial charge in [-0.3, -0.25) is 0 Å². The maximum atomic E-state index is 12.5. The largest absolute Gasteiger partial charge is 0.355 e. The monoisotopic (exact) mass is 354 g/mol. The van der Waals surface area contributed by atoms with Gasteiger partial charge in [0.05, 0.1) is 11.3 Å². The van der Waals surface area contributed by atoms with Gasteiger partial charge < -0.3 is 5.32 Å². The average Bonchev–Trinajstić information content (AvgIpc) is 2.41. The highest BCUT2D eigenvalue weighted by Gasteiger charge is 2.10. The number of para-hydroxylation sites is 1. The second-order valence-electron chi connectivity index (χ2n) is 3.81. The van der Waals surface area contributed by atoms with E-state index in [1.54, 1.807) is 42.5 Å². The highest BCUT2D eigenvalue weighted by molar-refractivity contribution is 9.10. The fourth-order valence-corrected chi connectivity index (χ4v) is 2.67. The molecule has 0 saturated heterocycles. The normalized spacial score (nSPS) is 10.3. The zero-order valence-electron chi connectivity index (χ0n) is 10.1. The van der Waals surface area contributed by atoms with Gasteiger partial charge in [-0.25, -0.2) is 0 Å². The number of hydrogen-bond donors (Lipinski definition) is 1. The molecule has 2 nitrogen and oxygen atoms in total. The van der Waals surface area contributed by atoms with Crippen LogP contribution in [-0.2, 0) is 0 Å². The van der Waals surface area contributed by atoms with Gasteiger partial charge in [0.1, 0.15) is 6.07 Å². The molecule has 0 unspecified atom stereocenters. The molecule has 102 valence electrons. The number of halogens is 3. The second-order valence-corrected chi connectivity index (χ2v) is 5.69. The number of benzene rings is 2. The minimum atomic E-state index is -2.47. The minimum absolute atomic E-state index is 0.475. The van der Waals surface area contributed by atoms with Gasteiger partial charge in [0.2, 0.25) is 0 Å². The first-order valence-electron chi connectivity index (χ1n) is 5.60. The first-order valence-corrected chi connectivity index (χ1v) is 7.28. The summed E-state index contributed by atoms with van der Waals surface area (Å²) < 4.78 is 25.6. The Balaban J connectivity index is 2.26. The van der Waals surface area contributed by atoms with E-state index in [1.807, 2.05) is 6.07 Å². The number of alkyl halides is 2. The van der Waals surface area contributed by atoms with Crippen molar-refractivity contribution in [2.45, 2.75) is 10.7 Å². The van der Waals surface area contributed by atoms with Gasteiger partial charge in [0, 0.05) is 15.1 Å². The molecule has 0 fully saturated rings. The number of rotatable bonds is 4. The maximum absolute atomic E-state index is 12.5. The molecule has 0 saturated carbocycles. The standard InChI is InChI=1S/C14H9BrF2N2S/c15-11-7-10(6-5-9(11)8-18)19-12-3-1-2-4-13(12)20-14(16)17/h1-7,14,19H. The Hall–Kier alpha value is -1.58. The quantitative estimate of drug-likeness (QED) is 0.748. The van der Waals surface area contributed by atoms with Gasteiger partial charge in [-0.2, -0.15) is 14.0 Å². The lowest BCUT2D eigenvalue weighted by Crippen LogP contribution is -1.94. The zero-order valence-corrected chi connectivity index (χ0v) is 12.5. The number of anilines is 2. The highest BCUT2D eigenvalue weighted by Crippen LogP contribution is 2.34. The number of nitrogens with one attached hydrogen (secondary N) is 1. The van der Waals surface area contributed by atoms with Crippen LogP contribution >= 0.6 is 27.7 Å². The van der Waals surface area contributed by atoms with Crippen molar-refractivity contribution in [3.63, 3.8) is 0 Å². The highest BCUT2D eigenvalue weighted by atomic mass is 79.9. The van der Waals surface area contributed by atoms with Crippen LogP contribution in [0.15, 0.2) is 51.8 Å². The molecular formula is C14H9BrF2N2S. The Kier molecular flexibility index (Phi) is 4.99. The summed E-state index contributed by atoms with van der Waals surface area (Å²) in [6.07, 6.45) is 0. The summed E-state index contributed by atoms with van der Waals surface area (Å²) in [5.41, 5.74) is 1.85. The lowest BCUT2D eigenvalue weighted by atomic mass is 10.2. The maximum Gasteiger partial charge on any atom is 0.288 e. The first-order chi connectivity index (χ1) is 9.60. The fourth-order valence-electron chi connectivity index (χ4n) is 1.61. The molecule has 0 heterocycles. The van der Waals surface area contributed by atoms with Gasteiger partial charge in [-0.15, -0.1) is 0 Å². The fraction of sp³-hybridized carbons (Fsp3) is 0.0714. The van der Waals surface area contributed by atoms with Crippen LogP contribution in [0.3, 0.4) is 0 Å². The first kappa shape index (κ1) is 14.8. The Labute approximate surface area is 127 Å². The Bertz CT molecular complexity index is 656. The van der Waals surface area contributed by atoms with E-state index >= 15 is 0 Å². The van der Waals surface area contributed by atoms with Crippen molar-refractivity contribution in [1.82, 2.24) is 0 Å². The number of nitrogens with zero attached hydrogens (tertiary/aromatic N) is 1. The Morgan fingerprint density at radius 1 is 1.20 bits per heavy atom. The van der Waals surface area contributed by atoms with Crippen LogP contribution in [0.25, 0.3) is 0 Å². The lowest BCUT2D eigenvalue weighted by molar-refractivity contribution is 0.252. The summed E-state index contributed by atoms with van der Waals surface area (Å²) in [6.45, 7) is 0. The molecule has 2 rings (SSSR count). The molecule has 0 aliphatic heterocycles. The lowest BCUT2D eigenvalue weighted by Gasteiger charge is -2.12. The van der Waals surface area contributed by atoms with E-state index in [4.69, 9.17) is 5.26 Å². The summed E-state index contributed by atoms with van der Waals surface area (Å²) in [7, 11) is 0. The summed E-state index contributed by atoms with van der Waals surface area (Å²) in [5, 5.41) is 11.9. The molecule has 2 aromatic rings. The van der Waals surface area contributed by atoms with E-state index in [1.165, 1.54) is 0 Å².